The van der Waals surface area contributed by atoms with E-state index in [1.807, 2.05) is 6.92 Å². The predicted octanol–water partition coefficient (Wildman–Crippen LogP) is 1.39. The van der Waals surface area contributed by atoms with Crippen molar-refractivity contribution >= 4 is 11.6 Å². The molecule has 2 rings (SSSR count). The maximum Gasteiger partial charge on any atom is 0.256 e. The standard InChI is InChI=1S/C13H16F2N2O2/c1-7-6-17(3-2-12(7)18)13(19)8-4-11(16)10(15)5-9(8)14/h4-5,7,12,18H,2-3,6,16H2,1H3. The summed E-state index contributed by atoms with van der Waals surface area (Å²) in [7, 11) is 0. The first-order valence-corrected chi connectivity index (χ1v) is 6.12. The summed E-state index contributed by atoms with van der Waals surface area (Å²) in [6, 6.07) is 1.63. The molecule has 0 radical (unpaired) electrons. The predicted molar refractivity (Wildman–Crippen MR) is 66.5 cm³/mol. The molecular weight excluding hydrogens is 254 g/mol. The number of hydrogen-bond donors (Lipinski definition) is 2. The Morgan fingerprint density at radius 1 is 1.42 bits per heavy atom. The number of aliphatic hydroxyl groups is 1. The smallest absolute Gasteiger partial charge is 0.256 e. The fourth-order valence-electron chi connectivity index (χ4n) is 2.22. The van der Waals surface area contributed by atoms with Crippen LogP contribution >= 0.6 is 0 Å². The number of piperidine rings is 1. The molecule has 0 saturated carbocycles. The van der Waals surface area contributed by atoms with Gasteiger partial charge >= 0.3 is 0 Å². The van der Waals surface area contributed by atoms with Gasteiger partial charge < -0.3 is 15.7 Å². The number of nitrogens with zero attached hydrogens (tertiary/aromatic N) is 1. The van der Waals surface area contributed by atoms with Crippen molar-refractivity contribution in [1.82, 2.24) is 4.90 Å². The van der Waals surface area contributed by atoms with Crippen LogP contribution < -0.4 is 5.73 Å². The van der Waals surface area contributed by atoms with Crippen LogP contribution in [0.15, 0.2) is 12.1 Å². The van der Waals surface area contributed by atoms with E-state index in [-0.39, 0.29) is 17.2 Å². The van der Waals surface area contributed by atoms with Crippen LogP contribution in [0, 0.1) is 17.6 Å². The number of aliphatic hydroxyl groups excluding tert-OH is 1. The van der Waals surface area contributed by atoms with Gasteiger partial charge in [-0.2, -0.15) is 0 Å². The lowest BCUT2D eigenvalue weighted by Crippen LogP contribution is -2.45. The number of anilines is 1. The lowest BCUT2D eigenvalue weighted by atomic mass is 9.96. The van der Waals surface area contributed by atoms with Crippen LogP contribution in [0.2, 0.25) is 0 Å². The highest BCUT2D eigenvalue weighted by molar-refractivity contribution is 5.95. The average molecular weight is 270 g/mol. The second-order valence-corrected chi connectivity index (χ2v) is 4.94. The Bertz CT molecular complexity index is 508. The third-order valence-corrected chi connectivity index (χ3v) is 3.46. The van der Waals surface area contributed by atoms with Crippen LogP contribution in [-0.2, 0) is 0 Å². The fourth-order valence-corrected chi connectivity index (χ4v) is 2.22. The van der Waals surface area contributed by atoms with E-state index in [1.165, 1.54) is 4.90 Å². The molecule has 6 heteroatoms. The van der Waals surface area contributed by atoms with Crippen LogP contribution in [0.5, 0.6) is 0 Å². The van der Waals surface area contributed by atoms with Crippen molar-refractivity contribution in [1.29, 1.82) is 0 Å². The van der Waals surface area contributed by atoms with Gasteiger partial charge in [-0.05, 0) is 18.4 Å². The topological polar surface area (TPSA) is 66.6 Å². The zero-order valence-corrected chi connectivity index (χ0v) is 10.6. The molecule has 2 atom stereocenters. The monoisotopic (exact) mass is 270 g/mol. The maximum atomic E-state index is 13.6. The summed E-state index contributed by atoms with van der Waals surface area (Å²) >= 11 is 0. The number of halogens is 2. The van der Waals surface area contributed by atoms with Crippen LogP contribution in [0.3, 0.4) is 0 Å². The summed E-state index contributed by atoms with van der Waals surface area (Å²) in [6.07, 6.45) is -0.00208. The summed E-state index contributed by atoms with van der Waals surface area (Å²) in [5, 5.41) is 9.60. The van der Waals surface area contributed by atoms with Crippen molar-refractivity contribution in [2.75, 3.05) is 18.8 Å². The molecule has 3 N–H and O–H groups in total. The van der Waals surface area contributed by atoms with Gasteiger partial charge in [-0.1, -0.05) is 6.92 Å². The Labute approximate surface area is 109 Å². The minimum Gasteiger partial charge on any atom is -0.396 e. The SMILES string of the molecule is CC1CN(C(=O)c2cc(N)c(F)cc2F)CCC1O. The first-order valence-electron chi connectivity index (χ1n) is 6.12. The third-order valence-electron chi connectivity index (χ3n) is 3.46. The van der Waals surface area contributed by atoms with Crippen molar-refractivity contribution in [3.8, 4) is 0 Å². The Morgan fingerprint density at radius 3 is 2.74 bits per heavy atom. The van der Waals surface area contributed by atoms with Gasteiger partial charge in [0.05, 0.1) is 17.4 Å². The number of nitrogen functional groups attached to an aromatic ring is 1. The molecule has 19 heavy (non-hydrogen) atoms. The molecule has 1 aliphatic heterocycles. The van der Waals surface area contributed by atoms with E-state index in [0.717, 1.165) is 6.07 Å². The number of carbonyl (C=O) groups excluding carboxylic acids is 1. The quantitative estimate of drug-likeness (QED) is 0.758. The van der Waals surface area contributed by atoms with Gasteiger partial charge in [0.25, 0.3) is 5.91 Å². The summed E-state index contributed by atoms with van der Waals surface area (Å²) in [5.41, 5.74) is 4.87. The number of rotatable bonds is 1. The zero-order valence-electron chi connectivity index (χ0n) is 10.6. The first kappa shape index (κ1) is 13.7. The summed E-state index contributed by atoms with van der Waals surface area (Å²) in [4.78, 5) is 13.6. The molecule has 1 aliphatic rings. The van der Waals surface area contributed by atoms with Gasteiger partial charge in [-0.25, -0.2) is 8.78 Å². The Balaban J connectivity index is 2.23. The molecule has 0 spiro atoms. The van der Waals surface area contributed by atoms with E-state index in [4.69, 9.17) is 5.73 Å². The Kier molecular flexibility index (Phi) is 3.71. The van der Waals surface area contributed by atoms with E-state index in [0.29, 0.717) is 25.6 Å². The number of hydrogen-bond acceptors (Lipinski definition) is 3. The van der Waals surface area contributed by atoms with Gasteiger partial charge in [-0.15, -0.1) is 0 Å². The summed E-state index contributed by atoms with van der Waals surface area (Å²) in [5.74, 6) is -2.39. The van der Waals surface area contributed by atoms with Crippen molar-refractivity contribution < 1.29 is 18.7 Å². The van der Waals surface area contributed by atoms with E-state index >= 15 is 0 Å². The highest BCUT2D eigenvalue weighted by atomic mass is 19.1. The zero-order chi connectivity index (χ0) is 14.2. The van der Waals surface area contributed by atoms with E-state index in [9.17, 15) is 18.7 Å². The molecule has 1 fully saturated rings. The largest absolute Gasteiger partial charge is 0.396 e. The molecule has 1 saturated heterocycles. The van der Waals surface area contributed by atoms with Gasteiger partial charge in [0.1, 0.15) is 11.6 Å². The lowest BCUT2D eigenvalue weighted by molar-refractivity contribution is 0.0295. The number of amides is 1. The molecule has 0 aliphatic carbocycles. The Hall–Kier alpha value is -1.69. The molecule has 1 amide bonds. The summed E-state index contributed by atoms with van der Waals surface area (Å²) < 4.78 is 26.7. The highest BCUT2D eigenvalue weighted by Gasteiger charge is 2.29. The Morgan fingerprint density at radius 2 is 2.11 bits per heavy atom. The van der Waals surface area contributed by atoms with E-state index in [2.05, 4.69) is 0 Å². The highest BCUT2D eigenvalue weighted by Crippen LogP contribution is 2.22. The normalized spacial score (nSPS) is 23.5. The molecular formula is C13H16F2N2O2. The molecule has 1 heterocycles. The van der Waals surface area contributed by atoms with Gasteiger partial charge in [0, 0.05) is 19.2 Å². The van der Waals surface area contributed by atoms with Crippen molar-refractivity contribution in [2.24, 2.45) is 5.92 Å². The number of carbonyl (C=O) groups is 1. The van der Waals surface area contributed by atoms with Crippen molar-refractivity contribution in [3.05, 3.63) is 29.3 Å². The van der Waals surface area contributed by atoms with Gasteiger partial charge in [0.2, 0.25) is 0 Å². The lowest BCUT2D eigenvalue weighted by Gasteiger charge is -2.34. The minimum atomic E-state index is -0.921. The summed E-state index contributed by atoms with van der Waals surface area (Å²) in [6.45, 7) is 2.51. The molecule has 104 valence electrons. The average Bonchev–Trinajstić information content (AvgIpc) is 2.36. The molecule has 0 aromatic heterocycles. The number of benzene rings is 1. The van der Waals surface area contributed by atoms with Crippen molar-refractivity contribution in [3.63, 3.8) is 0 Å². The second-order valence-electron chi connectivity index (χ2n) is 4.94. The van der Waals surface area contributed by atoms with Gasteiger partial charge in [0.15, 0.2) is 0 Å². The molecule has 4 nitrogen and oxygen atoms in total. The third kappa shape index (κ3) is 2.68. The van der Waals surface area contributed by atoms with Crippen LogP contribution in [0.1, 0.15) is 23.7 Å². The maximum absolute atomic E-state index is 13.6. The van der Waals surface area contributed by atoms with Crippen LogP contribution in [0.4, 0.5) is 14.5 Å². The second kappa shape index (κ2) is 5.13. The van der Waals surface area contributed by atoms with E-state index in [1.54, 1.807) is 0 Å². The van der Waals surface area contributed by atoms with E-state index < -0.39 is 23.6 Å². The van der Waals surface area contributed by atoms with Crippen molar-refractivity contribution in [2.45, 2.75) is 19.4 Å². The minimum absolute atomic E-state index is 0.0708. The fraction of sp³-hybridized carbons (Fsp3) is 0.462. The van der Waals surface area contributed by atoms with Gasteiger partial charge in [-0.3, -0.25) is 4.79 Å². The van der Waals surface area contributed by atoms with Crippen LogP contribution in [-0.4, -0.2) is 35.1 Å². The number of likely N-dealkylation sites (tertiary alicyclic amines) is 1. The van der Waals surface area contributed by atoms with Crippen LogP contribution in [0.25, 0.3) is 0 Å². The molecule has 0 bridgehead atoms. The number of nitrogens with two attached hydrogens (primary N) is 1. The first-order chi connectivity index (χ1) is 8.90. The molecule has 2 unspecified atom stereocenters. The molecule has 1 aromatic rings. The molecule has 1 aromatic carbocycles.